The van der Waals surface area contributed by atoms with Crippen molar-refractivity contribution in [2.24, 2.45) is 5.92 Å². The number of ether oxygens (including phenoxy) is 1. The van der Waals surface area contributed by atoms with E-state index >= 15 is 0 Å². The van der Waals surface area contributed by atoms with Gasteiger partial charge < -0.3 is 4.74 Å². The summed E-state index contributed by atoms with van der Waals surface area (Å²) in [6.45, 7) is 2.28. The lowest BCUT2D eigenvalue weighted by molar-refractivity contribution is 0.167. The first kappa shape index (κ1) is 15.0. The molecule has 4 nitrogen and oxygen atoms in total. The van der Waals surface area contributed by atoms with Crippen molar-refractivity contribution in [2.75, 3.05) is 13.7 Å². The average Bonchev–Trinajstić information content (AvgIpc) is 3.15. The first-order chi connectivity index (χ1) is 8.95. The van der Waals surface area contributed by atoms with Crippen LogP contribution in [0.2, 0.25) is 0 Å². The lowest BCUT2D eigenvalue weighted by Gasteiger charge is -2.18. The van der Waals surface area contributed by atoms with Crippen LogP contribution < -0.4 is 4.72 Å². The number of halogens is 1. The molecular weight excluding hydrogens is 330 g/mol. The highest BCUT2D eigenvalue weighted by Gasteiger charge is 2.34. The number of hydrogen-bond acceptors (Lipinski definition) is 3. The van der Waals surface area contributed by atoms with Gasteiger partial charge in [-0.2, -0.15) is 0 Å². The van der Waals surface area contributed by atoms with Gasteiger partial charge in [-0.25, -0.2) is 13.1 Å². The molecule has 0 saturated heterocycles. The maximum Gasteiger partial charge on any atom is 0.242 e. The van der Waals surface area contributed by atoms with Crippen LogP contribution in [0.5, 0.6) is 0 Å². The van der Waals surface area contributed by atoms with Gasteiger partial charge >= 0.3 is 0 Å². The zero-order valence-electron chi connectivity index (χ0n) is 11.0. The molecule has 1 aromatic rings. The average molecular weight is 348 g/mol. The Bertz CT molecular complexity index is 555. The molecule has 1 aliphatic carbocycles. The summed E-state index contributed by atoms with van der Waals surface area (Å²) in [5.74, 6) is 0.401. The SMILES string of the molecule is COCC(NS(=O)(=O)c1cccc(C)c1Br)C1CC1. The molecule has 0 amide bonds. The molecule has 1 atom stereocenters. The van der Waals surface area contributed by atoms with Crippen molar-refractivity contribution in [3.8, 4) is 0 Å². The van der Waals surface area contributed by atoms with E-state index in [4.69, 9.17) is 4.74 Å². The molecular formula is C13H18BrNO3S. The molecule has 0 aliphatic heterocycles. The van der Waals surface area contributed by atoms with Gasteiger partial charge in [0.25, 0.3) is 0 Å². The molecule has 0 aromatic heterocycles. The third kappa shape index (κ3) is 3.56. The minimum atomic E-state index is -3.52. The summed E-state index contributed by atoms with van der Waals surface area (Å²) in [5.41, 5.74) is 0.901. The van der Waals surface area contributed by atoms with Crippen LogP contribution in [-0.2, 0) is 14.8 Å². The van der Waals surface area contributed by atoms with Crippen molar-refractivity contribution in [3.05, 3.63) is 28.2 Å². The number of rotatable bonds is 6. The van der Waals surface area contributed by atoms with Crippen molar-refractivity contribution in [2.45, 2.75) is 30.7 Å². The summed E-state index contributed by atoms with van der Waals surface area (Å²) in [4.78, 5) is 0.286. The fourth-order valence-electron chi connectivity index (χ4n) is 2.04. The van der Waals surface area contributed by atoms with Gasteiger partial charge in [0.05, 0.1) is 11.5 Å². The molecule has 0 heterocycles. The van der Waals surface area contributed by atoms with Crippen LogP contribution in [0, 0.1) is 12.8 Å². The maximum absolute atomic E-state index is 12.4. The predicted molar refractivity (Wildman–Crippen MR) is 77.6 cm³/mol. The van der Waals surface area contributed by atoms with Gasteiger partial charge in [0, 0.05) is 17.6 Å². The zero-order valence-corrected chi connectivity index (χ0v) is 13.4. The van der Waals surface area contributed by atoms with E-state index in [1.165, 1.54) is 0 Å². The Morgan fingerprint density at radius 1 is 1.47 bits per heavy atom. The lowest BCUT2D eigenvalue weighted by Crippen LogP contribution is -2.39. The highest BCUT2D eigenvalue weighted by Crippen LogP contribution is 2.34. The number of hydrogen-bond donors (Lipinski definition) is 1. The van der Waals surface area contributed by atoms with Gasteiger partial charge in [-0.1, -0.05) is 12.1 Å². The summed E-state index contributed by atoms with van der Waals surface area (Å²) < 4.78 is 33.3. The van der Waals surface area contributed by atoms with E-state index < -0.39 is 10.0 Å². The second-order valence-electron chi connectivity index (χ2n) is 4.91. The molecule has 2 rings (SSSR count). The smallest absolute Gasteiger partial charge is 0.242 e. The monoisotopic (exact) mass is 347 g/mol. The number of methoxy groups -OCH3 is 1. The molecule has 1 fully saturated rings. The molecule has 19 heavy (non-hydrogen) atoms. The van der Waals surface area contributed by atoms with E-state index in [1.807, 2.05) is 13.0 Å². The normalized spacial score (nSPS) is 17.4. The standard InChI is InChI=1S/C13H18BrNO3S/c1-9-4-3-5-12(13(9)14)19(16,17)15-11(8-18-2)10-6-7-10/h3-5,10-11,15H,6-8H2,1-2H3. The van der Waals surface area contributed by atoms with Crippen molar-refractivity contribution in [1.29, 1.82) is 0 Å². The fourth-order valence-corrected chi connectivity index (χ4v) is 4.38. The second kappa shape index (κ2) is 5.91. The van der Waals surface area contributed by atoms with Crippen LogP contribution in [0.1, 0.15) is 18.4 Å². The van der Waals surface area contributed by atoms with Gasteiger partial charge in [-0.05, 0) is 53.2 Å². The Labute approximate surface area is 122 Å². The Balaban J connectivity index is 2.24. The summed E-state index contributed by atoms with van der Waals surface area (Å²) in [6.07, 6.45) is 2.12. The van der Waals surface area contributed by atoms with E-state index in [0.29, 0.717) is 17.0 Å². The van der Waals surface area contributed by atoms with Crippen LogP contribution >= 0.6 is 15.9 Å². The highest BCUT2D eigenvalue weighted by molar-refractivity contribution is 9.10. The van der Waals surface area contributed by atoms with Crippen molar-refractivity contribution >= 4 is 26.0 Å². The van der Waals surface area contributed by atoms with Gasteiger partial charge in [0.15, 0.2) is 0 Å². The first-order valence-electron chi connectivity index (χ1n) is 6.22. The molecule has 1 aliphatic rings. The Morgan fingerprint density at radius 3 is 2.74 bits per heavy atom. The first-order valence-corrected chi connectivity index (χ1v) is 8.49. The zero-order chi connectivity index (χ0) is 14.0. The summed E-state index contributed by atoms with van der Waals surface area (Å²) >= 11 is 3.35. The van der Waals surface area contributed by atoms with Crippen molar-refractivity contribution < 1.29 is 13.2 Å². The summed E-state index contributed by atoms with van der Waals surface area (Å²) in [6, 6.07) is 5.09. The van der Waals surface area contributed by atoms with Crippen LogP contribution in [0.25, 0.3) is 0 Å². The second-order valence-corrected chi connectivity index (χ2v) is 7.38. The molecule has 6 heteroatoms. The third-order valence-electron chi connectivity index (χ3n) is 3.29. The number of sulfonamides is 1. The molecule has 1 aromatic carbocycles. The van der Waals surface area contributed by atoms with Crippen molar-refractivity contribution in [1.82, 2.24) is 4.72 Å². The van der Waals surface area contributed by atoms with Crippen LogP contribution in [0.15, 0.2) is 27.6 Å². The maximum atomic E-state index is 12.4. The van der Waals surface area contributed by atoms with E-state index in [9.17, 15) is 8.42 Å². The quantitative estimate of drug-likeness (QED) is 0.859. The van der Waals surface area contributed by atoms with Crippen LogP contribution in [0.4, 0.5) is 0 Å². The Hall–Kier alpha value is -0.430. The molecule has 1 saturated carbocycles. The fraction of sp³-hybridized carbons (Fsp3) is 0.538. The molecule has 0 bridgehead atoms. The predicted octanol–water partition coefficient (Wildman–Crippen LogP) is 2.46. The topological polar surface area (TPSA) is 55.4 Å². The van der Waals surface area contributed by atoms with E-state index in [-0.39, 0.29) is 10.9 Å². The van der Waals surface area contributed by atoms with Crippen molar-refractivity contribution in [3.63, 3.8) is 0 Å². The molecule has 0 radical (unpaired) electrons. The third-order valence-corrected chi connectivity index (χ3v) is 6.14. The minimum Gasteiger partial charge on any atom is -0.383 e. The molecule has 106 valence electrons. The summed E-state index contributed by atoms with van der Waals surface area (Å²) in [7, 11) is -1.93. The molecule has 0 spiro atoms. The molecule has 1 N–H and O–H groups in total. The summed E-state index contributed by atoms with van der Waals surface area (Å²) in [5, 5.41) is 0. The number of benzene rings is 1. The largest absolute Gasteiger partial charge is 0.383 e. The van der Waals surface area contributed by atoms with Gasteiger partial charge in [-0.3, -0.25) is 0 Å². The van der Waals surface area contributed by atoms with E-state index in [1.54, 1.807) is 19.2 Å². The Morgan fingerprint density at radius 2 is 2.16 bits per heavy atom. The van der Waals surface area contributed by atoms with E-state index in [0.717, 1.165) is 18.4 Å². The van der Waals surface area contributed by atoms with Gasteiger partial charge in [-0.15, -0.1) is 0 Å². The number of aryl methyl sites for hydroxylation is 1. The molecule has 1 unspecified atom stereocenters. The lowest BCUT2D eigenvalue weighted by atomic mass is 10.2. The minimum absolute atomic E-state index is 0.137. The van der Waals surface area contributed by atoms with Gasteiger partial charge in [0.2, 0.25) is 10.0 Å². The van der Waals surface area contributed by atoms with Crippen LogP contribution in [0.3, 0.4) is 0 Å². The Kier molecular flexibility index (Phi) is 4.66. The highest BCUT2D eigenvalue weighted by atomic mass is 79.9. The van der Waals surface area contributed by atoms with Crippen LogP contribution in [-0.4, -0.2) is 28.2 Å². The van der Waals surface area contributed by atoms with E-state index in [2.05, 4.69) is 20.7 Å². The van der Waals surface area contributed by atoms with Gasteiger partial charge in [0.1, 0.15) is 0 Å². The number of nitrogens with one attached hydrogen (secondary N) is 1.